The largest absolute Gasteiger partial charge is 0.319 e. The summed E-state index contributed by atoms with van der Waals surface area (Å²) in [5.74, 6) is -1.03. The van der Waals surface area contributed by atoms with Gasteiger partial charge in [0.15, 0.2) is 0 Å². The van der Waals surface area contributed by atoms with Crippen molar-refractivity contribution < 1.29 is 8.78 Å². The first-order valence-electron chi connectivity index (χ1n) is 5.15. The summed E-state index contributed by atoms with van der Waals surface area (Å²) in [6.45, 7) is 1.91. The van der Waals surface area contributed by atoms with E-state index in [4.69, 9.17) is 5.73 Å². The molecular formula is C11H11F2N3S. The molecule has 1 aromatic heterocycles. The second-order valence-corrected chi connectivity index (χ2v) is 4.37. The number of halogens is 2. The molecule has 1 atom stereocenters. The minimum atomic E-state index is -0.722. The van der Waals surface area contributed by atoms with Gasteiger partial charge < -0.3 is 5.73 Å². The molecule has 0 aliphatic rings. The van der Waals surface area contributed by atoms with Crippen molar-refractivity contribution in [2.75, 3.05) is 0 Å². The Morgan fingerprint density at radius 3 is 2.88 bits per heavy atom. The maximum atomic E-state index is 13.6. The molecule has 1 aromatic carbocycles. The fourth-order valence-corrected chi connectivity index (χ4v) is 2.35. The number of aryl methyl sites for hydroxylation is 1. The number of hydrogen-bond acceptors (Lipinski definition) is 4. The van der Waals surface area contributed by atoms with Crippen molar-refractivity contribution in [1.82, 2.24) is 9.59 Å². The molecule has 0 radical (unpaired) electrons. The topological polar surface area (TPSA) is 51.8 Å². The Morgan fingerprint density at radius 1 is 1.41 bits per heavy atom. The van der Waals surface area contributed by atoms with Crippen molar-refractivity contribution in [3.63, 3.8) is 0 Å². The quantitative estimate of drug-likeness (QED) is 0.916. The van der Waals surface area contributed by atoms with Crippen LogP contribution in [0.15, 0.2) is 18.2 Å². The van der Waals surface area contributed by atoms with Crippen LogP contribution >= 0.6 is 11.5 Å². The van der Waals surface area contributed by atoms with Gasteiger partial charge in [-0.3, -0.25) is 0 Å². The van der Waals surface area contributed by atoms with E-state index >= 15 is 0 Å². The minimum Gasteiger partial charge on any atom is -0.319 e. The Hall–Kier alpha value is -1.40. The number of aromatic nitrogens is 2. The number of hydrogen-bond donors (Lipinski definition) is 1. The number of nitrogens with zero attached hydrogens (tertiary/aromatic N) is 2. The van der Waals surface area contributed by atoms with Crippen molar-refractivity contribution in [3.8, 4) is 0 Å². The van der Waals surface area contributed by atoms with Crippen LogP contribution in [0, 0.1) is 11.6 Å². The summed E-state index contributed by atoms with van der Waals surface area (Å²) in [6, 6.07) is 2.53. The molecular weight excluding hydrogens is 244 g/mol. The third-order valence-electron chi connectivity index (χ3n) is 2.50. The average Bonchev–Trinajstić information content (AvgIpc) is 2.79. The predicted octanol–water partition coefficient (Wildman–Crippen LogP) is 2.43. The van der Waals surface area contributed by atoms with E-state index in [0.717, 1.165) is 35.4 Å². The van der Waals surface area contributed by atoms with Crippen LogP contribution in [-0.2, 0) is 6.42 Å². The van der Waals surface area contributed by atoms with Crippen LogP contribution in [0.5, 0.6) is 0 Å². The smallest absolute Gasteiger partial charge is 0.128 e. The fraction of sp³-hybridized carbons (Fsp3) is 0.273. The molecule has 3 nitrogen and oxygen atoms in total. The van der Waals surface area contributed by atoms with Gasteiger partial charge in [0.1, 0.15) is 11.6 Å². The van der Waals surface area contributed by atoms with E-state index in [1.165, 1.54) is 0 Å². The molecule has 90 valence electrons. The minimum absolute atomic E-state index is 0.130. The number of benzene rings is 1. The van der Waals surface area contributed by atoms with E-state index in [0.29, 0.717) is 11.3 Å². The van der Waals surface area contributed by atoms with Gasteiger partial charge in [0.05, 0.1) is 16.6 Å². The van der Waals surface area contributed by atoms with E-state index in [2.05, 4.69) is 9.59 Å². The second kappa shape index (κ2) is 4.85. The van der Waals surface area contributed by atoms with Gasteiger partial charge in [-0.25, -0.2) is 8.78 Å². The van der Waals surface area contributed by atoms with Crippen LogP contribution in [-0.4, -0.2) is 9.59 Å². The molecule has 1 heterocycles. The molecule has 0 saturated heterocycles. The molecule has 0 aliphatic heterocycles. The zero-order valence-electron chi connectivity index (χ0n) is 9.15. The summed E-state index contributed by atoms with van der Waals surface area (Å²) in [4.78, 5) is 0.678. The van der Waals surface area contributed by atoms with Crippen molar-refractivity contribution >= 4 is 11.5 Å². The first-order valence-corrected chi connectivity index (χ1v) is 5.92. The summed E-state index contributed by atoms with van der Waals surface area (Å²) >= 11 is 1.12. The molecule has 0 amide bonds. The summed E-state index contributed by atoms with van der Waals surface area (Å²) in [5.41, 5.74) is 6.79. The third kappa shape index (κ3) is 2.32. The maximum Gasteiger partial charge on any atom is 0.128 e. The van der Waals surface area contributed by atoms with Crippen molar-refractivity contribution in [2.45, 2.75) is 19.4 Å². The van der Waals surface area contributed by atoms with Gasteiger partial charge in [-0.15, -0.1) is 5.10 Å². The summed E-state index contributed by atoms with van der Waals surface area (Å²) in [5, 5.41) is 3.91. The van der Waals surface area contributed by atoms with E-state index in [-0.39, 0.29) is 5.56 Å². The lowest BCUT2D eigenvalue weighted by molar-refractivity contribution is 0.577. The molecule has 0 saturated carbocycles. The molecule has 0 bridgehead atoms. The Kier molecular flexibility index (Phi) is 3.44. The maximum absolute atomic E-state index is 13.6. The normalized spacial score (nSPS) is 12.7. The molecule has 17 heavy (non-hydrogen) atoms. The molecule has 0 fully saturated rings. The van der Waals surface area contributed by atoms with Crippen LogP contribution in [0.1, 0.15) is 29.1 Å². The third-order valence-corrected chi connectivity index (χ3v) is 3.35. The van der Waals surface area contributed by atoms with Gasteiger partial charge >= 0.3 is 0 Å². The van der Waals surface area contributed by atoms with Gasteiger partial charge in [0, 0.05) is 5.56 Å². The van der Waals surface area contributed by atoms with Crippen molar-refractivity contribution in [3.05, 3.63) is 46.0 Å². The second-order valence-electron chi connectivity index (χ2n) is 3.58. The zero-order chi connectivity index (χ0) is 12.4. The first-order chi connectivity index (χ1) is 8.13. The molecule has 1 unspecified atom stereocenters. The highest BCUT2D eigenvalue weighted by atomic mass is 32.1. The Morgan fingerprint density at radius 2 is 2.18 bits per heavy atom. The lowest BCUT2D eigenvalue weighted by Crippen LogP contribution is -2.14. The van der Waals surface area contributed by atoms with Crippen LogP contribution in [0.3, 0.4) is 0 Å². The molecule has 0 aliphatic carbocycles. The highest BCUT2D eigenvalue weighted by molar-refractivity contribution is 7.05. The fourth-order valence-electron chi connectivity index (χ4n) is 1.59. The van der Waals surface area contributed by atoms with Gasteiger partial charge in [-0.2, -0.15) is 0 Å². The molecule has 2 rings (SSSR count). The molecule has 0 spiro atoms. The Bertz CT molecular complexity index is 527. The van der Waals surface area contributed by atoms with E-state index in [9.17, 15) is 8.78 Å². The van der Waals surface area contributed by atoms with Crippen LogP contribution in [0.4, 0.5) is 8.78 Å². The zero-order valence-corrected chi connectivity index (χ0v) is 9.97. The predicted molar refractivity (Wildman–Crippen MR) is 61.7 cm³/mol. The van der Waals surface area contributed by atoms with Crippen molar-refractivity contribution in [2.24, 2.45) is 5.73 Å². The highest BCUT2D eigenvalue weighted by Crippen LogP contribution is 2.27. The Balaban J connectivity index is 2.43. The lowest BCUT2D eigenvalue weighted by Gasteiger charge is -2.11. The van der Waals surface area contributed by atoms with Crippen LogP contribution < -0.4 is 5.73 Å². The number of rotatable bonds is 3. The van der Waals surface area contributed by atoms with Crippen molar-refractivity contribution in [1.29, 1.82) is 0 Å². The van der Waals surface area contributed by atoms with Gasteiger partial charge in [-0.05, 0) is 36.2 Å². The van der Waals surface area contributed by atoms with Gasteiger partial charge in [0.2, 0.25) is 0 Å². The summed E-state index contributed by atoms with van der Waals surface area (Å²) in [6.07, 6.45) is 0.663. The Labute approximate surface area is 101 Å². The van der Waals surface area contributed by atoms with Crippen LogP contribution in [0.25, 0.3) is 0 Å². The van der Waals surface area contributed by atoms with E-state index < -0.39 is 17.7 Å². The van der Waals surface area contributed by atoms with E-state index in [1.807, 2.05) is 6.92 Å². The molecule has 2 N–H and O–H groups in total. The lowest BCUT2D eigenvalue weighted by atomic mass is 10.0. The highest BCUT2D eigenvalue weighted by Gasteiger charge is 2.20. The first kappa shape index (κ1) is 12.1. The van der Waals surface area contributed by atoms with Gasteiger partial charge in [0.25, 0.3) is 0 Å². The van der Waals surface area contributed by atoms with Gasteiger partial charge in [-0.1, -0.05) is 11.4 Å². The molecule has 2 aromatic rings. The number of nitrogens with two attached hydrogens (primary N) is 1. The SMILES string of the molecule is CCc1nnsc1C(N)c1cc(F)ccc1F. The standard InChI is InChI=1S/C11H11F2N3S/c1-2-9-11(17-16-15-9)10(14)7-5-6(12)3-4-8(7)13/h3-5,10H,2,14H2,1H3. The molecule has 6 heteroatoms. The summed E-state index contributed by atoms with van der Waals surface area (Å²) in [7, 11) is 0. The summed E-state index contributed by atoms with van der Waals surface area (Å²) < 4.78 is 30.4. The van der Waals surface area contributed by atoms with Crippen LogP contribution in [0.2, 0.25) is 0 Å². The van der Waals surface area contributed by atoms with E-state index in [1.54, 1.807) is 0 Å². The average molecular weight is 255 g/mol. The monoisotopic (exact) mass is 255 g/mol.